The number of aromatic nitrogens is 4. The van der Waals surface area contributed by atoms with Gasteiger partial charge >= 0.3 is 6.18 Å². The smallest absolute Gasteiger partial charge is 0.292 e. The minimum Gasteiger partial charge on any atom is -0.292 e. The first-order valence-corrected chi connectivity index (χ1v) is 7.30. The number of Topliss-reactive ketones (excluding diaryl/α,β-unsaturated/α-hetero) is 1. The zero-order chi connectivity index (χ0) is 17.2. The van der Waals surface area contributed by atoms with E-state index in [9.17, 15) is 18.0 Å². The number of hydrogen-bond donors (Lipinski definition) is 0. The molecule has 0 aromatic carbocycles. The molecular formula is C15H17F3N4O. The van der Waals surface area contributed by atoms with E-state index < -0.39 is 11.7 Å². The van der Waals surface area contributed by atoms with E-state index in [0.717, 1.165) is 10.9 Å². The van der Waals surface area contributed by atoms with Crippen LogP contribution in [0.25, 0.3) is 5.95 Å². The van der Waals surface area contributed by atoms with Crippen molar-refractivity contribution >= 4 is 5.78 Å². The third-order valence-corrected chi connectivity index (χ3v) is 3.64. The third-order valence-electron chi connectivity index (χ3n) is 3.64. The van der Waals surface area contributed by atoms with Crippen molar-refractivity contribution in [2.24, 2.45) is 5.92 Å². The minimum absolute atomic E-state index is 0.0515. The number of alkyl halides is 3. The first-order chi connectivity index (χ1) is 10.8. The summed E-state index contributed by atoms with van der Waals surface area (Å²) < 4.78 is 38.9. The van der Waals surface area contributed by atoms with Crippen LogP contribution in [0.1, 0.15) is 48.8 Å². The molecular weight excluding hydrogens is 309 g/mol. The summed E-state index contributed by atoms with van der Waals surface area (Å²) >= 11 is 0. The lowest BCUT2D eigenvalue weighted by Crippen LogP contribution is -2.17. The first-order valence-electron chi connectivity index (χ1n) is 7.30. The van der Waals surface area contributed by atoms with Crippen molar-refractivity contribution < 1.29 is 18.0 Å². The van der Waals surface area contributed by atoms with Gasteiger partial charge in [-0.05, 0) is 18.4 Å². The van der Waals surface area contributed by atoms with Crippen molar-refractivity contribution in [3.63, 3.8) is 0 Å². The average Bonchev–Trinajstić information content (AvgIpc) is 3.03. The molecule has 0 aliphatic heterocycles. The van der Waals surface area contributed by atoms with Gasteiger partial charge in [0.25, 0.3) is 5.95 Å². The lowest BCUT2D eigenvalue weighted by atomic mass is 9.98. The highest BCUT2D eigenvalue weighted by molar-refractivity contribution is 5.97. The number of aryl methyl sites for hydroxylation is 1. The van der Waals surface area contributed by atoms with Crippen LogP contribution >= 0.6 is 0 Å². The standard InChI is InChI=1S/C15H17F3N4O/c1-4-9(3)13(23)12-10(5-2)6-19-14(21-12)22-8-11(7-20-22)15(16,17)18/h6-9H,4-5H2,1-3H3. The molecule has 0 saturated carbocycles. The Bertz CT molecular complexity index is 709. The summed E-state index contributed by atoms with van der Waals surface area (Å²) in [5.74, 6) is -0.410. The molecule has 1 unspecified atom stereocenters. The largest absolute Gasteiger partial charge is 0.419 e. The molecule has 0 bridgehead atoms. The third kappa shape index (κ3) is 3.57. The van der Waals surface area contributed by atoms with Gasteiger partial charge in [0, 0.05) is 18.3 Å². The lowest BCUT2D eigenvalue weighted by molar-refractivity contribution is -0.137. The molecule has 0 aliphatic carbocycles. The molecule has 2 aromatic rings. The molecule has 0 spiro atoms. The van der Waals surface area contributed by atoms with Gasteiger partial charge in [-0.1, -0.05) is 20.8 Å². The zero-order valence-electron chi connectivity index (χ0n) is 13.1. The summed E-state index contributed by atoms with van der Waals surface area (Å²) in [6.07, 6.45) is -0.304. The molecule has 2 rings (SSSR count). The normalized spacial score (nSPS) is 13.1. The van der Waals surface area contributed by atoms with Crippen LogP contribution in [-0.2, 0) is 12.6 Å². The fourth-order valence-electron chi connectivity index (χ4n) is 1.98. The number of rotatable bonds is 5. The molecule has 23 heavy (non-hydrogen) atoms. The van der Waals surface area contributed by atoms with Crippen molar-refractivity contribution in [2.75, 3.05) is 0 Å². The van der Waals surface area contributed by atoms with Gasteiger partial charge in [-0.2, -0.15) is 18.3 Å². The lowest BCUT2D eigenvalue weighted by Gasteiger charge is -2.11. The zero-order valence-corrected chi connectivity index (χ0v) is 13.1. The maximum atomic E-state index is 12.6. The maximum Gasteiger partial charge on any atom is 0.419 e. The van der Waals surface area contributed by atoms with Crippen molar-refractivity contribution in [3.8, 4) is 5.95 Å². The topological polar surface area (TPSA) is 60.7 Å². The van der Waals surface area contributed by atoms with E-state index >= 15 is 0 Å². The van der Waals surface area contributed by atoms with Crippen molar-refractivity contribution in [1.82, 2.24) is 19.7 Å². The number of halogens is 3. The van der Waals surface area contributed by atoms with Gasteiger partial charge in [0.15, 0.2) is 5.78 Å². The van der Waals surface area contributed by atoms with Gasteiger partial charge in [-0.25, -0.2) is 14.6 Å². The fraction of sp³-hybridized carbons (Fsp3) is 0.467. The van der Waals surface area contributed by atoms with E-state index in [2.05, 4.69) is 15.1 Å². The molecule has 0 N–H and O–H groups in total. The van der Waals surface area contributed by atoms with E-state index in [1.807, 2.05) is 13.8 Å². The van der Waals surface area contributed by atoms with Crippen LogP contribution in [0.2, 0.25) is 0 Å². The van der Waals surface area contributed by atoms with Crippen LogP contribution in [0.4, 0.5) is 13.2 Å². The fourth-order valence-corrected chi connectivity index (χ4v) is 1.98. The van der Waals surface area contributed by atoms with Crippen molar-refractivity contribution in [3.05, 3.63) is 35.4 Å². The molecule has 0 saturated heterocycles. The number of nitrogens with zero attached hydrogens (tertiary/aromatic N) is 4. The predicted octanol–water partition coefficient (Wildman–Crippen LogP) is 3.47. The first kappa shape index (κ1) is 17.1. The molecule has 0 amide bonds. The summed E-state index contributed by atoms with van der Waals surface area (Å²) in [4.78, 5) is 20.6. The highest BCUT2D eigenvalue weighted by atomic mass is 19.4. The second-order valence-corrected chi connectivity index (χ2v) is 5.24. The van der Waals surface area contributed by atoms with E-state index in [1.54, 1.807) is 6.92 Å². The predicted molar refractivity (Wildman–Crippen MR) is 77.3 cm³/mol. The molecule has 0 radical (unpaired) electrons. The summed E-state index contributed by atoms with van der Waals surface area (Å²) in [6.45, 7) is 5.54. The SMILES string of the molecule is CCc1cnc(-n2cc(C(F)(F)F)cn2)nc1C(=O)C(C)CC. The molecule has 2 aromatic heterocycles. The summed E-state index contributed by atoms with van der Waals surface area (Å²) in [5, 5.41) is 3.63. The summed E-state index contributed by atoms with van der Waals surface area (Å²) in [7, 11) is 0. The van der Waals surface area contributed by atoms with Crippen LogP contribution in [0, 0.1) is 5.92 Å². The van der Waals surface area contributed by atoms with Crippen LogP contribution in [-0.4, -0.2) is 25.5 Å². The number of ketones is 1. The van der Waals surface area contributed by atoms with Crippen LogP contribution in [0.15, 0.2) is 18.6 Å². The van der Waals surface area contributed by atoms with Crippen LogP contribution in [0.5, 0.6) is 0 Å². The van der Waals surface area contributed by atoms with Gasteiger partial charge < -0.3 is 0 Å². The van der Waals surface area contributed by atoms with Gasteiger partial charge in [0.05, 0.1) is 11.8 Å². The number of hydrogen-bond acceptors (Lipinski definition) is 4. The molecule has 0 aliphatic rings. The Morgan fingerprint density at radius 2 is 2.00 bits per heavy atom. The number of carbonyl (C=O) groups excluding carboxylic acids is 1. The quantitative estimate of drug-likeness (QED) is 0.789. The van der Waals surface area contributed by atoms with E-state index in [-0.39, 0.29) is 23.3 Å². The summed E-state index contributed by atoms with van der Waals surface area (Å²) in [6, 6.07) is 0. The van der Waals surface area contributed by atoms with Gasteiger partial charge in [0.2, 0.25) is 0 Å². The van der Waals surface area contributed by atoms with Crippen LogP contribution < -0.4 is 0 Å². The Morgan fingerprint density at radius 3 is 2.52 bits per heavy atom. The second-order valence-electron chi connectivity index (χ2n) is 5.24. The molecule has 1 atom stereocenters. The van der Waals surface area contributed by atoms with Gasteiger partial charge in [-0.15, -0.1) is 0 Å². The molecule has 5 nitrogen and oxygen atoms in total. The van der Waals surface area contributed by atoms with Crippen LogP contribution in [0.3, 0.4) is 0 Å². The second kappa shape index (κ2) is 6.47. The maximum absolute atomic E-state index is 12.6. The molecule has 124 valence electrons. The number of carbonyl (C=O) groups is 1. The molecule has 8 heteroatoms. The van der Waals surface area contributed by atoms with Crippen molar-refractivity contribution in [1.29, 1.82) is 0 Å². The Balaban J connectivity index is 2.45. The molecule has 2 heterocycles. The highest BCUT2D eigenvalue weighted by Gasteiger charge is 2.32. The van der Waals surface area contributed by atoms with E-state index in [0.29, 0.717) is 24.6 Å². The summed E-state index contributed by atoms with van der Waals surface area (Å²) in [5.41, 5.74) is 0.0219. The monoisotopic (exact) mass is 326 g/mol. The van der Waals surface area contributed by atoms with E-state index in [4.69, 9.17) is 0 Å². The van der Waals surface area contributed by atoms with Gasteiger partial charge in [0.1, 0.15) is 5.69 Å². The van der Waals surface area contributed by atoms with Crippen molar-refractivity contribution in [2.45, 2.75) is 39.8 Å². The Hall–Kier alpha value is -2.25. The Labute approximate surface area is 131 Å². The Morgan fingerprint density at radius 1 is 1.30 bits per heavy atom. The average molecular weight is 326 g/mol. The van der Waals surface area contributed by atoms with Gasteiger partial charge in [-0.3, -0.25) is 4.79 Å². The molecule has 0 fully saturated rings. The Kier molecular flexibility index (Phi) is 4.82. The minimum atomic E-state index is -4.49. The highest BCUT2D eigenvalue weighted by Crippen LogP contribution is 2.28. The van der Waals surface area contributed by atoms with E-state index in [1.165, 1.54) is 6.20 Å².